The first-order chi connectivity index (χ1) is 8.75. The molecule has 2 heterocycles. The molecule has 0 spiro atoms. The average molecular weight is 319 g/mol. The van der Waals surface area contributed by atoms with Gasteiger partial charge in [-0.15, -0.1) is 12.4 Å². The van der Waals surface area contributed by atoms with Crippen LogP contribution in [0.1, 0.15) is 0 Å². The van der Waals surface area contributed by atoms with Crippen molar-refractivity contribution in [3.8, 4) is 0 Å². The maximum absolute atomic E-state index is 6.11. The molecule has 6 heteroatoms. The molecule has 2 aromatic rings. The van der Waals surface area contributed by atoms with Gasteiger partial charge in [-0.2, -0.15) is 0 Å². The van der Waals surface area contributed by atoms with Gasteiger partial charge in [0, 0.05) is 43.4 Å². The molecule has 1 aromatic carbocycles. The Morgan fingerprint density at radius 2 is 1.79 bits per heavy atom. The van der Waals surface area contributed by atoms with E-state index in [2.05, 4.69) is 15.2 Å². The lowest BCUT2D eigenvalue weighted by Gasteiger charge is -2.30. The zero-order valence-corrected chi connectivity index (χ0v) is 12.5. The minimum atomic E-state index is 0. The number of pyridine rings is 1. The van der Waals surface area contributed by atoms with Gasteiger partial charge in [-0.25, -0.2) is 0 Å². The molecule has 0 amide bonds. The summed E-state index contributed by atoms with van der Waals surface area (Å²) in [5.41, 5.74) is 2.07. The molecule has 1 saturated heterocycles. The van der Waals surface area contributed by atoms with E-state index in [0.717, 1.165) is 37.1 Å². The van der Waals surface area contributed by atoms with E-state index in [1.807, 2.05) is 24.4 Å². The Morgan fingerprint density at radius 3 is 2.53 bits per heavy atom. The first kappa shape index (κ1) is 14.7. The number of rotatable bonds is 1. The van der Waals surface area contributed by atoms with Gasteiger partial charge in [0.2, 0.25) is 0 Å². The third-order valence-corrected chi connectivity index (χ3v) is 3.94. The van der Waals surface area contributed by atoms with Crippen LogP contribution in [0.5, 0.6) is 0 Å². The first-order valence-electron chi connectivity index (χ1n) is 5.95. The highest BCUT2D eigenvalue weighted by Gasteiger charge is 2.14. The summed E-state index contributed by atoms with van der Waals surface area (Å²) in [5, 5.41) is 5.54. The molecule has 0 aliphatic carbocycles. The zero-order valence-electron chi connectivity index (χ0n) is 10.2. The molecular formula is C13H14Cl3N3. The Bertz CT molecular complexity index is 583. The number of aromatic nitrogens is 1. The topological polar surface area (TPSA) is 28.2 Å². The number of fused-ring (bicyclic) bond motifs is 1. The van der Waals surface area contributed by atoms with E-state index in [0.29, 0.717) is 10.0 Å². The van der Waals surface area contributed by atoms with Crippen LogP contribution in [0.4, 0.5) is 5.69 Å². The predicted molar refractivity (Wildman–Crippen MR) is 84.1 cm³/mol. The van der Waals surface area contributed by atoms with Crippen LogP contribution in [0.2, 0.25) is 10.0 Å². The Hall–Kier alpha value is -0.740. The largest absolute Gasteiger partial charge is 0.368 e. The second-order valence-electron chi connectivity index (χ2n) is 4.35. The summed E-state index contributed by atoms with van der Waals surface area (Å²) in [7, 11) is 0. The predicted octanol–water partition coefficient (Wildman–Crippen LogP) is 3.37. The summed E-state index contributed by atoms with van der Waals surface area (Å²) in [6.45, 7) is 4.01. The summed E-state index contributed by atoms with van der Waals surface area (Å²) in [5.74, 6) is 0. The molecule has 1 N–H and O–H groups in total. The summed E-state index contributed by atoms with van der Waals surface area (Å²) >= 11 is 12.1. The number of benzene rings is 1. The standard InChI is InChI=1S/C13H13Cl2N3.ClH/c14-10-7-9-12(8-11(10)15)17-2-1-13(9)18-5-3-16-4-6-18;/h1-2,7-8,16H,3-6H2;1H. The number of piperazine rings is 1. The van der Waals surface area contributed by atoms with Crippen LogP contribution in [0.15, 0.2) is 24.4 Å². The maximum atomic E-state index is 6.11. The van der Waals surface area contributed by atoms with Crippen molar-refractivity contribution in [2.45, 2.75) is 0 Å². The molecule has 1 aliphatic heterocycles. The van der Waals surface area contributed by atoms with Gasteiger partial charge in [-0.1, -0.05) is 23.2 Å². The molecule has 0 unspecified atom stereocenters. The lowest BCUT2D eigenvalue weighted by Crippen LogP contribution is -2.43. The van der Waals surface area contributed by atoms with E-state index in [1.165, 1.54) is 5.69 Å². The molecule has 0 bridgehead atoms. The van der Waals surface area contributed by atoms with Gasteiger partial charge in [-0.3, -0.25) is 4.98 Å². The van der Waals surface area contributed by atoms with Crippen molar-refractivity contribution in [3.63, 3.8) is 0 Å². The van der Waals surface area contributed by atoms with E-state index in [-0.39, 0.29) is 12.4 Å². The van der Waals surface area contributed by atoms with Gasteiger partial charge >= 0.3 is 0 Å². The third-order valence-electron chi connectivity index (χ3n) is 3.22. The highest BCUT2D eigenvalue weighted by molar-refractivity contribution is 6.42. The molecule has 1 aromatic heterocycles. The Morgan fingerprint density at radius 1 is 1.11 bits per heavy atom. The lowest BCUT2D eigenvalue weighted by molar-refractivity contribution is 0.590. The lowest BCUT2D eigenvalue weighted by atomic mass is 10.1. The van der Waals surface area contributed by atoms with Crippen molar-refractivity contribution < 1.29 is 0 Å². The Balaban J connectivity index is 0.00000133. The van der Waals surface area contributed by atoms with E-state index < -0.39 is 0 Å². The third kappa shape index (κ3) is 2.90. The number of halogens is 3. The molecular weight excluding hydrogens is 305 g/mol. The molecule has 0 saturated carbocycles. The van der Waals surface area contributed by atoms with Crippen molar-refractivity contribution in [3.05, 3.63) is 34.4 Å². The summed E-state index contributed by atoms with van der Waals surface area (Å²) in [4.78, 5) is 6.71. The SMILES string of the molecule is Cl.Clc1cc2nccc(N3CCNCC3)c2cc1Cl. The van der Waals surface area contributed by atoms with Crippen molar-refractivity contribution in [2.24, 2.45) is 0 Å². The quantitative estimate of drug-likeness (QED) is 0.874. The average Bonchev–Trinajstić information content (AvgIpc) is 2.40. The van der Waals surface area contributed by atoms with Crippen LogP contribution in [0, 0.1) is 0 Å². The highest BCUT2D eigenvalue weighted by atomic mass is 35.5. The van der Waals surface area contributed by atoms with E-state index in [9.17, 15) is 0 Å². The smallest absolute Gasteiger partial charge is 0.0738 e. The van der Waals surface area contributed by atoms with Gasteiger partial charge in [0.05, 0.1) is 15.6 Å². The minimum Gasteiger partial charge on any atom is -0.368 e. The van der Waals surface area contributed by atoms with Gasteiger partial charge < -0.3 is 10.2 Å². The summed E-state index contributed by atoms with van der Waals surface area (Å²) in [6.07, 6.45) is 1.82. The minimum absolute atomic E-state index is 0. The van der Waals surface area contributed by atoms with E-state index in [4.69, 9.17) is 23.2 Å². The number of nitrogens with zero attached hydrogens (tertiary/aromatic N) is 2. The monoisotopic (exact) mass is 317 g/mol. The number of hydrogen-bond acceptors (Lipinski definition) is 3. The molecule has 3 nitrogen and oxygen atoms in total. The molecule has 0 atom stereocenters. The zero-order chi connectivity index (χ0) is 12.5. The molecule has 102 valence electrons. The molecule has 1 fully saturated rings. The van der Waals surface area contributed by atoms with Gasteiger partial charge in [-0.05, 0) is 18.2 Å². The Kier molecular flexibility index (Phi) is 4.74. The van der Waals surface area contributed by atoms with E-state index >= 15 is 0 Å². The summed E-state index contributed by atoms with van der Waals surface area (Å²) in [6, 6.07) is 5.77. The number of hydrogen-bond donors (Lipinski definition) is 1. The highest BCUT2D eigenvalue weighted by Crippen LogP contribution is 2.32. The second kappa shape index (κ2) is 6.14. The molecule has 0 radical (unpaired) electrons. The van der Waals surface area contributed by atoms with Crippen molar-refractivity contribution in [2.75, 3.05) is 31.1 Å². The molecule has 3 rings (SSSR count). The normalized spacial score (nSPS) is 15.4. The summed E-state index contributed by atoms with van der Waals surface area (Å²) < 4.78 is 0. The van der Waals surface area contributed by atoms with Gasteiger partial charge in [0.1, 0.15) is 0 Å². The van der Waals surface area contributed by atoms with Crippen LogP contribution in [-0.2, 0) is 0 Å². The fraction of sp³-hybridized carbons (Fsp3) is 0.308. The van der Waals surface area contributed by atoms with Crippen LogP contribution in [-0.4, -0.2) is 31.2 Å². The fourth-order valence-corrected chi connectivity index (χ4v) is 2.63. The Labute approximate surface area is 128 Å². The first-order valence-corrected chi connectivity index (χ1v) is 6.71. The molecule has 19 heavy (non-hydrogen) atoms. The van der Waals surface area contributed by atoms with E-state index in [1.54, 1.807) is 0 Å². The second-order valence-corrected chi connectivity index (χ2v) is 5.16. The van der Waals surface area contributed by atoms with Crippen molar-refractivity contribution in [1.82, 2.24) is 10.3 Å². The molecule has 1 aliphatic rings. The van der Waals surface area contributed by atoms with Crippen LogP contribution in [0.25, 0.3) is 10.9 Å². The maximum Gasteiger partial charge on any atom is 0.0738 e. The van der Waals surface area contributed by atoms with Crippen LogP contribution < -0.4 is 10.2 Å². The number of nitrogens with one attached hydrogen (secondary N) is 1. The van der Waals surface area contributed by atoms with Crippen LogP contribution >= 0.6 is 35.6 Å². The van der Waals surface area contributed by atoms with Gasteiger partial charge in [0.15, 0.2) is 0 Å². The van der Waals surface area contributed by atoms with Crippen molar-refractivity contribution in [1.29, 1.82) is 0 Å². The number of anilines is 1. The van der Waals surface area contributed by atoms with Gasteiger partial charge in [0.25, 0.3) is 0 Å². The fourth-order valence-electron chi connectivity index (χ4n) is 2.31. The van der Waals surface area contributed by atoms with Crippen LogP contribution in [0.3, 0.4) is 0 Å². The van der Waals surface area contributed by atoms with Crippen molar-refractivity contribution >= 4 is 52.2 Å².